The number of aryl methyl sites for hydroxylation is 2. The van der Waals surface area contributed by atoms with Crippen LogP contribution in [-0.4, -0.2) is 24.6 Å². The second-order valence-corrected chi connectivity index (χ2v) is 6.86. The van der Waals surface area contributed by atoms with Gasteiger partial charge in [0.25, 0.3) is 0 Å². The Morgan fingerprint density at radius 1 is 1.00 bits per heavy atom. The molecule has 0 unspecified atom stereocenters. The Hall–Kier alpha value is -1.86. The summed E-state index contributed by atoms with van der Waals surface area (Å²) >= 11 is 5.55. The minimum absolute atomic E-state index is 0.0641. The highest BCUT2D eigenvalue weighted by Crippen LogP contribution is 2.13. The molecular weight excluding hydrogens is 312 g/mol. The predicted molar refractivity (Wildman–Crippen MR) is 84.9 cm³/mol. The number of nitrogens with two attached hydrogens (primary N) is 2. The van der Waals surface area contributed by atoms with E-state index >= 15 is 0 Å². The van der Waals surface area contributed by atoms with Crippen LogP contribution in [0.5, 0.6) is 0 Å². The highest BCUT2D eigenvalue weighted by Gasteiger charge is 2.08. The van der Waals surface area contributed by atoms with Gasteiger partial charge < -0.3 is 11.5 Å². The van der Waals surface area contributed by atoms with E-state index in [0.29, 0.717) is 16.5 Å². The van der Waals surface area contributed by atoms with E-state index in [-0.39, 0.29) is 5.03 Å². The van der Waals surface area contributed by atoms with Gasteiger partial charge in [-0.2, -0.15) is 0 Å². The number of anilines is 2. The molecule has 2 rings (SSSR count). The van der Waals surface area contributed by atoms with E-state index in [2.05, 4.69) is 9.97 Å². The van der Waals surface area contributed by atoms with Gasteiger partial charge in [0.05, 0.1) is 23.8 Å². The molecule has 0 atom stereocenters. The van der Waals surface area contributed by atoms with Gasteiger partial charge in [-0.1, -0.05) is 11.6 Å². The number of aromatic nitrogens is 2. The highest BCUT2D eigenvalue weighted by atomic mass is 35.5. The summed E-state index contributed by atoms with van der Waals surface area (Å²) in [5.74, 6) is 0. The molecule has 2 aromatic rings. The van der Waals surface area contributed by atoms with Gasteiger partial charge in [-0.25, -0.2) is 18.4 Å². The van der Waals surface area contributed by atoms with Crippen molar-refractivity contribution in [1.29, 1.82) is 0 Å². The van der Waals surface area contributed by atoms with E-state index in [1.807, 2.05) is 6.92 Å². The van der Waals surface area contributed by atoms with E-state index in [1.165, 1.54) is 12.3 Å². The van der Waals surface area contributed by atoms with Crippen LogP contribution >= 0.6 is 11.6 Å². The van der Waals surface area contributed by atoms with Crippen molar-refractivity contribution in [2.75, 3.05) is 17.7 Å². The summed E-state index contributed by atoms with van der Waals surface area (Å²) < 4.78 is 22.0. The maximum Gasteiger partial charge on any atom is 0.192 e. The fourth-order valence-electron chi connectivity index (χ4n) is 1.28. The van der Waals surface area contributed by atoms with Crippen molar-refractivity contribution in [2.45, 2.75) is 18.9 Å². The summed E-state index contributed by atoms with van der Waals surface area (Å²) in [6, 6.07) is 3.20. The van der Waals surface area contributed by atoms with Crippen LogP contribution < -0.4 is 11.5 Å². The van der Waals surface area contributed by atoms with E-state index in [1.54, 1.807) is 19.2 Å². The molecule has 0 saturated heterocycles. The molecule has 8 heteroatoms. The van der Waals surface area contributed by atoms with Gasteiger partial charge in [-0.3, -0.25) is 0 Å². The first-order valence-corrected chi connectivity index (χ1v) is 8.18. The van der Waals surface area contributed by atoms with Crippen molar-refractivity contribution in [2.24, 2.45) is 0 Å². The third-order valence-electron chi connectivity index (χ3n) is 2.62. The average Bonchev–Trinajstić information content (AvgIpc) is 2.37. The number of nitrogens with zero attached hydrogens (tertiary/aromatic N) is 2. The third-order valence-corrected chi connectivity index (χ3v) is 3.81. The number of nitrogen functional groups attached to an aromatic ring is 2. The van der Waals surface area contributed by atoms with Crippen LogP contribution in [-0.2, 0) is 9.84 Å². The van der Waals surface area contributed by atoms with Crippen LogP contribution in [0.4, 0.5) is 11.4 Å². The van der Waals surface area contributed by atoms with Crippen LogP contribution in [0.15, 0.2) is 29.6 Å². The lowest BCUT2D eigenvalue weighted by Crippen LogP contribution is -2.02. The molecule has 0 spiro atoms. The molecule has 6 nitrogen and oxygen atoms in total. The monoisotopic (exact) mass is 328 g/mol. The largest absolute Gasteiger partial charge is 0.397 e. The van der Waals surface area contributed by atoms with Crippen LogP contribution in [0.25, 0.3) is 0 Å². The Morgan fingerprint density at radius 3 is 1.86 bits per heavy atom. The first-order valence-electron chi connectivity index (χ1n) is 5.91. The molecule has 2 heterocycles. The van der Waals surface area contributed by atoms with Gasteiger partial charge in [0.2, 0.25) is 0 Å². The van der Waals surface area contributed by atoms with Gasteiger partial charge in [-0.05, 0) is 37.1 Å². The minimum Gasteiger partial charge on any atom is -0.397 e. The lowest BCUT2D eigenvalue weighted by atomic mass is 10.3. The van der Waals surface area contributed by atoms with Crippen molar-refractivity contribution in [3.8, 4) is 0 Å². The number of halogens is 1. The standard InChI is InChI=1S/C7H10N2O2S.C6H7ClN2/c1-5-3-7(12(2,10)11)9-4-6(5)8;1-4-2-6(7)9-3-5(4)8/h3-4H,8H2,1-2H3;2-3H,8H2,1H3. The molecule has 0 aliphatic rings. The zero-order valence-electron chi connectivity index (χ0n) is 12.0. The van der Waals surface area contributed by atoms with E-state index in [0.717, 1.165) is 17.4 Å². The second kappa shape index (κ2) is 6.73. The number of hydrogen-bond acceptors (Lipinski definition) is 6. The summed E-state index contributed by atoms with van der Waals surface area (Å²) in [5.41, 5.74) is 13.8. The lowest BCUT2D eigenvalue weighted by Gasteiger charge is -2.01. The fourth-order valence-corrected chi connectivity index (χ4v) is 2.12. The maximum atomic E-state index is 11.0. The molecule has 0 aliphatic heterocycles. The van der Waals surface area contributed by atoms with Crippen LogP contribution in [0, 0.1) is 13.8 Å². The Balaban J connectivity index is 0.000000219. The molecule has 0 aromatic carbocycles. The van der Waals surface area contributed by atoms with Crippen molar-refractivity contribution in [3.05, 3.63) is 40.8 Å². The van der Waals surface area contributed by atoms with Crippen LogP contribution in [0.2, 0.25) is 5.15 Å². The summed E-state index contributed by atoms with van der Waals surface area (Å²) in [6.07, 6.45) is 4.02. The van der Waals surface area contributed by atoms with E-state index in [4.69, 9.17) is 23.1 Å². The molecule has 2 aromatic heterocycles. The smallest absolute Gasteiger partial charge is 0.192 e. The summed E-state index contributed by atoms with van der Waals surface area (Å²) in [4.78, 5) is 7.48. The van der Waals surface area contributed by atoms with Crippen molar-refractivity contribution < 1.29 is 8.42 Å². The van der Waals surface area contributed by atoms with E-state index in [9.17, 15) is 8.42 Å². The first kappa shape index (κ1) is 17.2. The molecule has 0 saturated carbocycles. The molecule has 21 heavy (non-hydrogen) atoms. The van der Waals surface area contributed by atoms with Gasteiger partial charge >= 0.3 is 0 Å². The Kier molecular flexibility index (Phi) is 5.51. The third kappa shape index (κ3) is 5.20. The fraction of sp³-hybridized carbons (Fsp3) is 0.231. The van der Waals surface area contributed by atoms with Crippen molar-refractivity contribution in [1.82, 2.24) is 9.97 Å². The predicted octanol–water partition coefficient (Wildman–Crippen LogP) is 2.00. The summed E-state index contributed by atoms with van der Waals surface area (Å²) in [5, 5.41) is 0.552. The number of hydrogen-bond donors (Lipinski definition) is 2. The van der Waals surface area contributed by atoms with Gasteiger partial charge in [0.15, 0.2) is 14.9 Å². The number of sulfone groups is 1. The van der Waals surface area contributed by atoms with E-state index < -0.39 is 9.84 Å². The highest BCUT2D eigenvalue weighted by molar-refractivity contribution is 7.90. The van der Waals surface area contributed by atoms with Crippen molar-refractivity contribution in [3.63, 3.8) is 0 Å². The maximum absolute atomic E-state index is 11.0. The lowest BCUT2D eigenvalue weighted by molar-refractivity contribution is 0.598. The molecular formula is C13H17ClN4O2S. The second-order valence-electron chi connectivity index (χ2n) is 4.51. The molecule has 0 aliphatic carbocycles. The summed E-state index contributed by atoms with van der Waals surface area (Å²) in [6.45, 7) is 3.63. The van der Waals surface area contributed by atoms with Gasteiger partial charge in [0, 0.05) is 6.26 Å². The first-order chi connectivity index (χ1) is 9.61. The zero-order chi connectivity index (χ0) is 16.2. The topological polar surface area (TPSA) is 112 Å². The number of pyridine rings is 2. The normalized spacial score (nSPS) is 10.7. The minimum atomic E-state index is -3.21. The van der Waals surface area contributed by atoms with Crippen molar-refractivity contribution >= 4 is 32.8 Å². The average molecular weight is 329 g/mol. The molecule has 4 N–H and O–H groups in total. The molecule has 0 amide bonds. The zero-order valence-corrected chi connectivity index (χ0v) is 13.5. The Labute approximate surface area is 129 Å². The van der Waals surface area contributed by atoms with Crippen LogP contribution in [0.3, 0.4) is 0 Å². The Morgan fingerprint density at radius 2 is 1.48 bits per heavy atom. The number of rotatable bonds is 1. The van der Waals surface area contributed by atoms with Gasteiger partial charge in [-0.15, -0.1) is 0 Å². The molecule has 0 radical (unpaired) electrons. The molecule has 0 bridgehead atoms. The molecule has 0 fully saturated rings. The SMILES string of the molecule is Cc1cc(Cl)ncc1N.Cc1cc(S(C)(=O)=O)ncc1N. The van der Waals surface area contributed by atoms with Gasteiger partial charge in [0.1, 0.15) is 5.15 Å². The quantitative estimate of drug-likeness (QED) is 0.774. The molecule has 114 valence electrons. The van der Waals surface area contributed by atoms with Crippen LogP contribution in [0.1, 0.15) is 11.1 Å². The summed E-state index contributed by atoms with van der Waals surface area (Å²) in [7, 11) is -3.21. The Bertz CT molecular complexity index is 748.